The molecule has 0 bridgehead atoms. The Morgan fingerprint density at radius 2 is 2.22 bits per heavy atom. The molecule has 1 aromatic heterocycles. The summed E-state index contributed by atoms with van der Waals surface area (Å²) in [4.78, 5) is 18.9. The van der Waals surface area contributed by atoms with Crippen molar-refractivity contribution in [3.8, 4) is 0 Å². The molecule has 2 aromatic rings. The maximum Gasteiger partial charge on any atom is 0.337 e. The number of benzene rings is 1. The number of aromatic carboxylic acids is 1. The highest BCUT2D eigenvalue weighted by molar-refractivity contribution is 5.97. The highest BCUT2D eigenvalue weighted by atomic mass is 16.4. The van der Waals surface area contributed by atoms with Crippen molar-refractivity contribution >= 4 is 17.3 Å². The van der Waals surface area contributed by atoms with E-state index < -0.39 is 5.97 Å². The largest absolute Gasteiger partial charge is 0.478 e. The number of aromatic nitrogens is 2. The monoisotopic (exact) mass is 244 g/mol. The van der Waals surface area contributed by atoms with Crippen molar-refractivity contribution in [1.82, 2.24) is 9.97 Å². The molecule has 1 aromatic carbocycles. The first-order valence-corrected chi connectivity index (χ1v) is 5.29. The van der Waals surface area contributed by atoms with Crippen molar-refractivity contribution in [2.45, 2.75) is 6.54 Å². The smallest absolute Gasteiger partial charge is 0.337 e. The first kappa shape index (κ1) is 11.8. The van der Waals surface area contributed by atoms with Crippen molar-refractivity contribution in [3.05, 3.63) is 48.0 Å². The van der Waals surface area contributed by atoms with Crippen LogP contribution in [0.4, 0.5) is 11.4 Å². The lowest BCUT2D eigenvalue weighted by atomic mass is 10.1. The van der Waals surface area contributed by atoms with Gasteiger partial charge >= 0.3 is 5.97 Å². The number of nitrogens with one attached hydrogen (secondary N) is 1. The number of rotatable bonds is 4. The summed E-state index contributed by atoms with van der Waals surface area (Å²) in [6.07, 6.45) is 3.06. The fourth-order valence-electron chi connectivity index (χ4n) is 1.55. The first-order chi connectivity index (χ1) is 8.68. The van der Waals surface area contributed by atoms with Crippen LogP contribution in [-0.2, 0) is 6.54 Å². The van der Waals surface area contributed by atoms with Crippen molar-refractivity contribution in [2.75, 3.05) is 11.1 Å². The van der Waals surface area contributed by atoms with Gasteiger partial charge in [-0.3, -0.25) is 0 Å². The second kappa shape index (κ2) is 5.13. The molecule has 2 rings (SSSR count). The summed E-state index contributed by atoms with van der Waals surface area (Å²) in [5.41, 5.74) is 7.46. The Kier molecular flexibility index (Phi) is 3.38. The summed E-state index contributed by atoms with van der Waals surface area (Å²) in [6, 6.07) is 6.50. The van der Waals surface area contributed by atoms with Crippen molar-refractivity contribution in [2.24, 2.45) is 0 Å². The lowest BCUT2D eigenvalue weighted by Gasteiger charge is -2.11. The van der Waals surface area contributed by atoms with Crippen LogP contribution in [-0.4, -0.2) is 21.0 Å². The zero-order valence-electron chi connectivity index (χ0n) is 9.50. The van der Waals surface area contributed by atoms with Crippen molar-refractivity contribution in [1.29, 1.82) is 0 Å². The standard InChI is InChI=1S/C12H12N4O2/c13-10-3-1-2-9(12(17)18)11(10)15-6-8-4-5-14-7-16-8/h1-5,7,15H,6,13H2,(H,17,18). The van der Waals surface area contributed by atoms with Gasteiger partial charge < -0.3 is 16.2 Å². The lowest BCUT2D eigenvalue weighted by molar-refractivity contribution is 0.0698. The maximum absolute atomic E-state index is 11.1. The number of nitrogens with two attached hydrogens (primary N) is 1. The van der Waals surface area contributed by atoms with Crippen LogP contribution in [0.3, 0.4) is 0 Å². The zero-order valence-corrected chi connectivity index (χ0v) is 9.50. The third kappa shape index (κ3) is 2.54. The Hall–Kier alpha value is -2.63. The van der Waals surface area contributed by atoms with E-state index in [2.05, 4.69) is 15.3 Å². The molecule has 0 unspecified atom stereocenters. The number of carbonyl (C=O) groups is 1. The minimum atomic E-state index is -1.02. The van der Waals surface area contributed by atoms with Gasteiger partial charge in [0.2, 0.25) is 0 Å². The van der Waals surface area contributed by atoms with Gasteiger partial charge in [0, 0.05) is 6.20 Å². The molecule has 4 N–H and O–H groups in total. The van der Waals surface area contributed by atoms with Gasteiger partial charge in [0.15, 0.2) is 0 Å². The molecule has 0 aliphatic rings. The number of carboxylic acid groups (broad SMARTS) is 1. The number of hydrogen-bond acceptors (Lipinski definition) is 5. The molecule has 6 nitrogen and oxygen atoms in total. The minimum absolute atomic E-state index is 0.143. The molecule has 0 spiro atoms. The summed E-state index contributed by atoms with van der Waals surface area (Å²) in [5, 5.41) is 12.0. The van der Waals surface area contributed by atoms with Crippen LogP contribution in [0.2, 0.25) is 0 Å². The topological polar surface area (TPSA) is 101 Å². The third-order valence-corrected chi connectivity index (χ3v) is 2.42. The Labute approximate surface area is 104 Å². The number of carboxylic acids is 1. The van der Waals surface area contributed by atoms with Gasteiger partial charge in [-0.05, 0) is 18.2 Å². The van der Waals surface area contributed by atoms with E-state index in [0.717, 1.165) is 5.69 Å². The molecule has 0 atom stereocenters. The minimum Gasteiger partial charge on any atom is -0.478 e. The molecular formula is C12H12N4O2. The van der Waals surface area contributed by atoms with Crippen LogP contribution in [0.1, 0.15) is 16.1 Å². The number of nitrogen functional groups attached to an aromatic ring is 1. The zero-order chi connectivity index (χ0) is 13.0. The Morgan fingerprint density at radius 1 is 1.39 bits per heavy atom. The van der Waals surface area contributed by atoms with E-state index in [0.29, 0.717) is 17.9 Å². The molecule has 0 amide bonds. The molecule has 0 saturated heterocycles. The van der Waals surface area contributed by atoms with Crippen LogP contribution >= 0.6 is 0 Å². The summed E-state index contributed by atoms with van der Waals surface area (Å²) in [5.74, 6) is -1.02. The van der Waals surface area contributed by atoms with E-state index >= 15 is 0 Å². The molecule has 0 aliphatic heterocycles. The Morgan fingerprint density at radius 3 is 2.89 bits per heavy atom. The SMILES string of the molecule is Nc1cccc(C(=O)O)c1NCc1ccncn1. The van der Waals surface area contributed by atoms with E-state index in [1.807, 2.05) is 0 Å². The molecular weight excluding hydrogens is 232 g/mol. The molecule has 0 aliphatic carbocycles. The van der Waals surface area contributed by atoms with Gasteiger partial charge in [-0.15, -0.1) is 0 Å². The van der Waals surface area contributed by atoms with Gasteiger partial charge in [0.05, 0.1) is 29.2 Å². The van der Waals surface area contributed by atoms with Crippen LogP contribution in [0, 0.1) is 0 Å². The summed E-state index contributed by atoms with van der Waals surface area (Å²) in [7, 11) is 0. The normalized spacial score (nSPS) is 10.0. The van der Waals surface area contributed by atoms with E-state index in [1.165, 1.54) is 12.4 Å². The predicted octanol–water partition coefficient (Wildman–Crippen LogP) is 1.37. The van der Waals surface area contributed by atoms with E-state index in [-0.39, 0.29) is 5.56 Å². The molecule has 0 radical (unpaired) electrons. The third-order valence-electron chi connectivity index (χ3n) is 2.42. The molecule has 18 heavy (non-hydrogen) atoms. The van der Waals surface area contributed by atoms with Crippen LogP contribution in [0.25, 0.3) is 0 Å². The number of nitrogens with zero attached hydrogens (tertiary/aromatic N) is 2. The van der Waals surface area contributed by atoms with Crippen molar-refractivity contribution < 1.29 is 9.90 Å². The van der Waals surface area contributed by atoms with Gasteiger partial charge in [0.1, 0.15) is 6.33 Å². The Bertz CT molecular complexity index is 557. The summed E-state index contributed by atoms with van der Waals surface area (Å²) in [6.45, 7) is 0.386. The average molecular weight is 244 g/mol. The van der Waals surface area contributed by atoms with E-state index in [1.54, 1.807) is 24.4 Å². The van der Waals surface area contributed by atoms with Crippen LogP contribution in [0.5, 0.6) is 0 Å². The highest BCUT2D eigenvalue weighted by Gasteiger charge is 2.12. The quantitative estimate of drug-likeness (QED) is 0.702. The maximum atomic E-state index is 11.1. The number of para-hydroxylation sites is 1. The fourth-order valence-corrected chi connectivity index (χ4v) is 1.55. The second-order valence-corrected chi connectivity index (χ2v) is 3.63. The van der Waals surface area contributed by atoms with Gasteiger partial charge in [-0.1, -0.05) is 6.07 Å². The van der Waals surface area contributed by atoms with Gasteiger partial charge in [-0.25, -0.2) is 14.8 Å². The van der Waals surface area contributed by atoms with Gasteiger partial charge in [-0.2, -0.15) is 0 Å². The summed E-state index contributed by atoms with van der Waals surface area (Å²) < 4.78 is 0. The van der Waals surface area contributed by atoms with Gasteiger partial charge in [0.25, 0.3) is 0 Å². The molecule has 6 heteroatoms. The number of hydrogen-bond donors (Lipinski definition) is 3. The van der Waals surface area contributed by atoms with Crippen LogP contribution in [0.15, 0.2) is 36.8 Å². The predicted molar refractivity (Wildman–Crippen MR) is 67.2 cm³/mol. The fraction of sp³-hybridized carbons (Fsp3) is 0.0833. The van der Waals surface area contributed by atoms with Crippen molar-refractivity contribution in [3.63, 3.8) is 0 Å². The van der Waals surface area contributed by atoms with E-state index in [9.17, 15) is 4.79 Å². The molecule has 0 fully saturated rings. The highest BCUT2D eigenvalue weighted by Crippen LogP contribution is 2.23. The average Bonchev–Trinajstić information content (AvgIpc) is 2.38. The van der Waals surface area contributed by atoms with Crippen LogP contribution < -0.4 is 11.1 Å². The summed E-state index contributed by atoms with van der Waals surface area (Å²) >= 11 is 0. The lowest BCUT2D eigenvalue weighted by Crippen LogP contribution is -2.09. The molecule has 1 heterocycles. The second-order valence-electron chi connectivity index (χ2n) is 3.63. The number of anilines is 2. The molecule has 92 valence electrons. The Balaban J connectivity index is 2.21. The molecule has 0 saturated carbocycles. The first-order valence-electron chi connectivity index (χ1n) is 5.29. The van der Waals surface area contributed by atoms with E-state index in [4.69, 9.17) is 10.8 Å².